The topological polar surface area (TPSA) is 62.6 Å². The zero-order valence-corrected chi connectivity index (χ0v) is 15.5. The van der Waals surface area contributed by atoms with Crippen molar-refractivity contribution in [3.8, 4) is 0 Å². The fourth-order valence-electron chi connectivity index (χ4n) is 2.87. The Labute approximate surface area is 161 Å². The molecule has 1 fully saturated rings. The second-order valence-electron chi connectivity index (χ2n) is 6.06. The van der Waals surface area contributed by atoms with Gasteiger partial charge in [-0.25, -0.2) is 0 Å². The van der Waals surface area contributed by atoms with E-state index in [1.807, 2.05) is 0 Å². The number of carbonyl (C=O) groups excluding carboxylic acids is 2. The second kappa shape index (κ2) is 8.43. The lowest BCUT2D eigenvalue weighted by atomic mass is 10.0. The predicted octanol–water partition coefficient (Wildman–Crippen LogP) is 4.02. The Morgan fingerprint density at radius 1 is 1.15 bits per heavy atom. The molecule has 0 atom stereocenters. The molecule has 2 aromatic rings. The summed E-state index contributed by atoms with van der Waals surface area (Å²) in [7, 11) is 0. The van der Waals surface area contributed by atoms with Crippen LogP contribution >= 0.6 is 23.2 Å². The average Bonchev–Trinajstić information content (AvgIpc) is 3.16. The van der Waals surface area contributed by atoms with Gasteiger partial charge in [0, 0.05) is 40.8 Å². The highest BCUT2D eigenvalue weighted by Gasteiger charge is 2.24. The summed E-state index contributed by atoms with van der Waals surface area (Å²) in [4.78, 5) is 26.2. The number of halogens is 2. The van der Waals surface area contributed by atoms with Gasteiger partial charge in [0.05, 0.1) is 11.8 Å². The van der Waals surface area contributed by atoms with Gasteiger partial charge in [-0.3, -0.25) is 9.59 Å². The number of amides is 2. The number of nitrogens with one attached hydrogen (secondary N) is 1. The lowest BCUT2D eigenvalue weighted by Gasteiger charge is -2.32. The number of hydrogen-bond acceptors (Lipinski definition) is 3. The van der Waals surface area contributed by atoms with E-state index in [0.29, 0.717) is 47.1 Å². The zero-order valence-electron chi connectivity index (χ0n) is 14.0. The molecule has 1 aliphatic rings. The van der Waals surface area contributed by atoms with E-state index >= 15 is 0 Å². The lowest BCUT2D eigenvalue weighted by molar-refractivity contribution is -0.117. The van der Waals surface area contributed by atoms with E-state index in [1.54, 1.807) is 35.2 Å². The number of carbonyl (C=O) groups is 2. The van der Waals surface area contributed by atoms with Crippen LogP contribution in [0.3, 0.4) is 0 Å². The Morgan fingerprint density at radius 2 is 1.85 bits per heavy atom. The SMILES string of the molecule is O=C(/C=C/c1c(Cl)cccc1Cl)NC1CCN(C(=O)c2ccoc2)CC1. The number of benzene rings is 1. The van der Waals surface area contributed by atoms with Crippen LogP contribution < -0.4 is 5.32 Å². The molecule has 0 saturated carbocycles. The third-order valence-electron chi connectivity index (χ3n) is 4.30. The standard InChI is InChI=1S/C19H18Cl2N2O3/c20-16-2-1-3-17(21)15(16)4-5-18(24)22-14-6-9-23(10-7-14)19(25)13-8-11-26-12-13/h1-5,8,11-12,14H,6-7,9-10H2,(H,22,24)/b5-4+. The van der Waals surface area contributed by atoms with Gasteiger partial charge in [-0.05, 0) is 37.1 Å². The molecule has 0 radical (unpaired) electrons. The molecule has 1 aromatic carbocycles. The molecule has 1 aromatic heterocycles. The van der Waals surface area contributed by atoms with E-state index < -0.39 is 0 Å². The first kappa shape index (κ1) is 18.5. The van der Waals surface area contributed by atoms with Crippen molar-refractivity contribution in [2.75, 3.05) is 13.1 Å². The van der Waals surface area contributed by atoms with Crippen LogP contribution in [0.2, 0.25) is 10.0 Å². The third kappa shape index (κ3) is 4.48. The lowest BCUT2D eigenvalue weighted by Crippen LogP contribution is -2.46. The first-order valence-electron chi connectivity index (χ1n) is 8.28. The van der Waals surface area contributed by atoms with E-state index in [2.05, 4.69) is 5.32 Å². The minimum atomic E-state index is -0.208. The van der Waals surface area contributed by atoms with E-state index in [9.17, 15) is 9.59 Å². The maximum Gasteiger partial charge on any atom is 0.257 e. The third-order valence-corrected chi connectivity index (χ3v) is 4.96. The summed E-state index contributed by atoms with van der Waals surface area (Å²) in [6.45, 7) is 1.18. The summed E-state index contributed by atoms with van der Waals surface area (Å²) in [6, 6.07) is 6.87. The Morgan fingerprint density at radius 3 is 2.46 bits per heavy atom. The van der Waals surface area contributed by atoms with Gasteiger partial charge >= 0.3 is 0 Å². The first-order valence-corrected chi connectivity index (χ1v) is 9.04. The highest BCUT2D eigenvalue weighted by atomic mass is 35.5. The smallest absolute Gasteiger partial charge is 0.257 e. The number of rotatable bonds is 4. The number of furan rings is 1. The molecule has 136 valence electrons. The Bertz CT molecular complexity index is 790. The second-order valence-corrected chi connectivity index (χ2v) is 6.87. The van der Waals surface area contributed by atoms with Gasteiger partial charge in [-0.1, -0.05) is 29.3 Å². The van der Waals surface area contributed by atoms with E-state index in [1.165, 1.54) is 18.6 Å². The summed E-state index contributed by atoms with van der Waals surface area (Å²) in [5, 5.41) is 3.94. The molecule has 7 heteroatoms. The fourth-order valence-corrected chi connectivity index (χ4v) is 3.40. The maximum absolute atomic E-state index is 12.3. The van der Waals surface area contributed by atoms with E-state index in [-0.39, 0.29) is 17.9 Å². The monoisotopic (exact) mass is 392 g/mol. The maximum atomic E-state index is 12.3. The van der Waals surface area contributed by atoms with Crippen molar-refractivity contribution >= 4 is 41.1 Å². The van der Waals surface area contributed by atoms with Gasteiger partial charge in [-0.15, -0.1) is 0 Å². The van der Waals surface area contributed by atoms with E-state index in [0.717, 1.165) is 0 Å². The highest BCUT2D eigenvalue weighted by molar-refractivity contribution is 6.37. The highest BCUT2D eigenvalue weighted by Crippen LogP contribution is 2.25. The van der Waals surface area contributed by atoms with Gasteiger partial charge in [0.15, 0.2) is 0 Å². The molecule has 2 amide bonds. The Balaban J connectivity index is 1.51. The predicted molar refractivity (Wildman–Crippen MR) is 101 cm³/mol. The minimum absolute atomic E-state index is 0.0299. The van der Waals surface area contributed by atoms with Gasteiger partial charge in [0.2, 0.25) is 5.91 Å². The fraction of sp³-hybridized carbons (Fsp3) is 0.263. The van der Waals surface area contributed by atoms with Gasteiger partial charge in [0.1, 0.15) is 6.26 Å². The van der Waals surface area contributed by atoms with Gasteiger partial charge in [0.25, 0.3) is 5.91 Å². The Hall–Kier alpha value is -2.24. The van der Waals surface area contributed by atoms with Crippen molar-refractivity contribution in [3.05, 3.63) is 64.0 Å². The number of piperidine rings is 1. The molecule has 1 N–H and O–H groups in total. The number of nitrogens with zero attached hydrogens (tertiary/aromatic N) is 1. The Kier molecular flexibility index (Phi) is 6.01. The van der Waals surface area contributed by atoms with Crippen molar-refractivity contribution < 1.29 is 14.0 Å². The zero-order chi connectivity index (χ0) is 18.5. The molecule has 0 aliphatic carbocycles. The molecule has 1 aliphatic heterocycles. The summed E-state index contributed by atoms with van der Waals surface area (Å²) >= 11 is 12.2. The van der Waals surface area contributed by atoms with Gasteiger partial charge < -0.3 is 14.6 Å². The number of hydrogen-bond donors (Lipinski definition) is 1. The van der Waals surface area contributed by atoms with Crippen LogP contribution in [0.15, 0.2) is 47.3 Å². The van der Waals surface area contributed by atoms with Crippen LogP contribution in [0, 0.1) is 0 Å². The first-order chi connectivity index (χ1) is 12.5. The molecule has 26 heavy (non-hydrogen) atoms. The van der Waals surface area contributed by atoms with Crippen molar-refractivity contribution in [2.24, 2.45) is 0 Å². The molecule has 2 heterocycles. The summed E-state index contributed by atoms with van der Waals surface area (Å²) in [5.41, 5.74) is 1.17. The van der Waals surface area contributed by atoms with Crippen LogP contribution in [-0.4, -0.2) is 35.8 Å². The molecular weight excluding hydrogens is 375 g/mol. The van der Waals surface area contributed by atoms with Crippen molar-refractivity contribution in [1.29, 1.82) is 0 Å². The van der Waals surface area contributed by atoms with Crippen LogP contribution in [0.25, 0.3) is 6.08 Å². The quantitative estimate of drug-likeness (QED) is 0.799. The number of likely N-dealkylation sites (tertiary alicyclic amines) is 1. The van der Waals surface area contributed by atoms with Crippen molar-refractivity contribution in [1.82, 2.24) is 10.2 Å². The molecule has 0 unspecified atom stereocenters. The van der Waals surface area contributed by atoms with Crippen LogP contribution in [0.1, 0.15) is 28.8 Å². The summed E-state index contributed by atoms with van der Waals surface area (Å²) in [5.74, 6) is -0.252. The summed E-state index contributed by atoms with van der Waals surface area (Å²) in [6.07, 6.45) is 7.37. The van der Waals surface area contributed by atoms with Crippen molar-refractivity contribution in [2.45, 2.75) is 18.9 Å². The molecule has 0 spiro atoms. The van der Waals surface area contributed by atoms with Crippen LogP contribution in [0.5, 0.6) is 0 Å². The molecule has 5 nitrogen and oxygen atoms in total. The van der Waals surface area contributed by atoms with Crippen LogP contribution in [0.4, 0.5) is 0 Å². The molecule has 0 bridgehead atoms. The average molecular weight is 393 g/mol. The van der Waals surface area contributed by atoms with Crippen molar-refractivity contribution in [3.63, 3.8) is 0 Å². The molecule has 3 rings (SSSR count). The van der Waals surface area contributed by atoms with Gasteiger partial charge in [-0.2, -0.15) is 0 Å². The van der Waals surface area contributed by atoms with E-state index in [4.69, 9.17) is 27.6 Å². The van der Waals surface area contributed by atoms with Crippen LogP contribution in [-0.2, 0) is 4.79 Å². The molecular formula is C19H18Cl2N2O3. The molecule has 1 saturated heterocycles. The largest absolute Gasteiger partial charge is 0.472 e. The normalized spacial score (nSPS) is 15.4. The minimum Gasteiger partial charge on any atom is -0.472 e. The summed E-state index contributed by atoms with van der Waals surface area (Å²) < 4.78 is 4.95.